The minimum absolute atomic E-state index is 0.00661. The third-order valence-corrected chi connectivity index (χ3v) is 5.07. The van der Waals surface area contributed by atoms with Crippen LogP contribution in [-0.4, -0.2) is 26.8 Å². The molecule has 1 unspecified atom stereocenters. The maximum atomic E-state index is 11.9. The molecule has 0 spiro atoms. The maximum absolute atomic E-state index is 11.9. The third kappa shape index (κ3) is 6.38. The molecule has 0 aromatic carbocycles. The van der Waals surface area contributed by atoms with E-state index >= 15 is 0 Å². The molecular formula is C12H26N2O2S. The highest BCUT2D eigenvalue weighted by atomic mass is 32.2. The second kappa shape index (κ2) is 7.34. The van der Waals surface area contributed by atoms with Crippen LogP contribution in [0.3, 0.4) is 0 Å². The van der Waals surface area contributed by atoms with E-state index in [1.54, 1.807) is 0 Å². The Labute approximate surface area is 105 Å². The molecule has 1 fully saturated rings. The fourth-order valence-electron chi connectivity index (χ4n) is 2.50. The Balaban J connectivity index is 2.33. The molecule has 1 aliphatic rings. The van der Waals surface area contributed by atoms with Crippen LogP contribution < -0.4 is 10.5 Å². The summed E-state index contributed by atoms with van der Waals surface area (Å²) in [6, 6.07) is 0.00661. The molecule has 0 aliphatic heterocycles. The summed E-state index contributed by atoms with van der Waals surface area (Å²) in [5.74, 6) is 0.669. The lowest BCUT2D eigenvalue weighted by atomic mass is 9.91. The molecule has 0 bridgehead atoms. The Morgan fingerprint density at radius 3 is 2.53 bits per heavy atom. The van der Waals surface area contributed by atoms with Crippen LogP contribution in [-0.2, 0) is 10.0 Å². The van der Waals surface area contributed by atoms with Gasteiger partial charge in [-0.2, -0.15) is 0 Å². The summed E-state index contributed by atoms with van der Waals surface area (Å²) in [6.07, 6.45) is 7.45. The van der Waals surface area contributed by atoms with Crippen LogP contribution in [0.15, 0.2) is 0 Å². The predicted molar refractivity (Wildman–Crippen MR) is 71.2 cm³/mol. The highest BCUT2D eigenvalue weighted by Gasteiger charge is 2.22. The fraction of sp³-hybridized carbons (Fsp3) is 1.00. The number of hydrogen-bond acceptors (Lipinski definition) is 3. The zero-order valence-corrected chi connectivity index (χ0v) is 11.6. The standard InChI is InChI=1S/C12H26N2O2S/c1-11(6-5-9-13)14-17(15,16)10-12-7-3-2-4-8-12/h11-12,14H,2-10,13H2,1H3. The highest BCUT2D eigenvalue weighted by Crippen LogP contribution is 2.24. The Hall–Kier alpha value is -0.130. The number of nitrogens with one attached hydrogen (secondary N) is 1. The van der Waals surface area contributed by atoms with Crippen molar-refractivity contribution < 1.29 is 8.42 Å². The van der Waals surface area contributed by atoms with Gasteiger partial charge in [0.1, 0.15) is 0 Å². The molecule has 0 aromatic rings. The van der Waals surface area contributed by atoms with Gasteiger partial charge >= 0.3 is 0 Å². The molecule has 0 aromatic heterocycles. The Bertz CT molecular complexity index is 298. The van der Waals surface area contributed by atoms with Gasteiger partial charge in [0, 0.05) is 6.04 Å². The van der Waals surface area contributed by atoms with E-state index in [0.717, 1.165) is 25.7 Å². The van der Waals surface area contributed by atoms with Gasteiger partial charge in [-0.25, -0.2) is 13.1 Å². The minimum atomic E-state index is -3.10. The molecule has 4 nitrogen and oxygen atoms in total. The zero-order valence-electron chi connectivity index (χ0n) is 10.8. The normalized spacial score (nSPS) is 20.4. The largest absolute Gasteiger partial charge is 0.330 e. The molecule has 102 valence electrons. The summed E-state index contributed by atoms with van der Waals surface area (Å²) in [5, 5.41) is 0. The highest BCUT2D eigenvalue weighted by molar-refractivity contribution is 7.89. The van der Waals surface area contributed by atoms with Crippen LogP contribution in [0.5, 0.6) is 0 Å². The molecule has 17 heavy (non-hydrogen) atoms. The van der Waals surface area contributed by atoms with E-state index in [0.29, 0.717) is 18.2 Å². The van der Waals surface area contributed by atoms with Crippen molar-refractivity contribution in [2.45, 2.75) is 57.9 Å². The lowest BCUT2D eigenvalue weighted by Crippen LogP contribution is -2.37. The van der Waals surface area contributed by atoms with Gasteiger partial charge < -0.3 is 5.73 Å². The van der Waals surface area contributed by atoms with Crippen LogP contribution >= 0.6 is 0 Å². The molecule has 1 aliphatic carbocycles. The molecule has 1 saturated carbocycles. The molecule has 0 radical (unpaired) electrons. The lowest BCUT2D eigenvalue weighted by Gasteiger charge is -2.22. The maximum Gasteiger partial charge on any atom is 0.212 e. The molecule has 0 saturated heterocycles. The van der Waals surface area contributed by atoms with E-state index in [1.165, 1.54) is 19.3 Å². The third-order valence-electron chi connectivity index (χ3n) is 3.40. The zero-order chi connectivity index (χ0) is 12.7. The summed E-state index contributed by atoms with van der Waals surface area (Å²) >= 11 is 0. The first kappa shape index (κ1) is 14.9. The topological polar surface area (TPSA) is 72.2 Å². The number of sulfonamides is 1. The van der Waals surface area contributed by atoms with Gasteiger partial charge in [0.25, 0.3) is 0 Å². The van der Waals surface area contributed by atoms with Gasteiger partial charge in [0.2, 0.25) is 10.0 Å². The Morgan fingerprint density at radius 2 is 1.94 bits per heavy atom. The van der Waals surface area contributed by atoms with E-state index in [4.69, 9.17) is 5.73 Å². The Morgan fingerprint density at radius 1 is 1.29 bits per heavy atom. The van der Waals surface area contributed by atoms with Crippen molar-refractivity contribution in [2.75, 3.05) is 12.3 Å². The second-order valence-electron chi connectivity index (χ2n) is 5.24. The smallest absolute Gasteiger partial charge is 0.212 e. The van der Waals surface area contributed by atoms with Crippen molar-refractivity contribution in [2.24, 2.45) is 11.7 Å². The molecule has 1 rings (SSSR count). The molecular weight excluding hydrogens is 236 g/mol. The average molecular weight is 262 g/mol. The van der Waals surface area contributed by atoms with Gasteiger partial charge in [0.05, 0.1) is 5.75 Å². The summed E-state index contributed by atoms with van der Waals surface area (Å²) in [6.45, 7) is 2.53. The van der Waals surface area contributed by atoms with Crippen molar-refractivity contribution in [3.05, 3.63) is 0 Å². The van der Waals surface area contributed by atoms with Gasteiger partial charge in [-0.15, -0.1) is 0 Å². The van der Waals surface area contributed by atoms with Crippen molar-refractivity contribution in [3.8, 4) is 0 Å². The van der Waals surface area contributed by atoms with Crippen LogP contribution in [0.25, 0.3) is 0 Å². The van der Waals surface area contributed by atoms with Crippen molar-refractivity contribution in [3.63, 3.8) is 0 Å². The summed E-state index contributed by atoms with van der Waals surface area (Å²) in [4.78, 5) is 0. The quantitative estimate of drug-likeness (QED) is 0.732. The van der Waals surface area contributed by atoms with E-state index in [9.17, 15) is 8.42 Å². The fourth-order valence-corrected chi connectivity index (χ4v) is 4.28. The molecule has 5 heteroatoms. The van der Waals surface area contributed by atoms with Crippen LogP contribution in [0.1, 0.15) is 51.9 Å². The number of nitrogens with two attached hydrogens (primary N) is 1. The first-order valence-electron chi connectivity index (χ1n) is 6.73. The SMILES string of the molecule is CC(CCCN)NS(=O)(=O)CC1CCCCC1. The van der Waals surface area contributed by atoms with Gasteiger partial charge in [-0.05, 0) is 45.1 Å². The minimum Gasteiger partial charge on any atom is -0.330 e. The molecule has 0 amide bonds. The molecule has 1 atom stereocenters. The van der Waals surface area contributed by atoms with Gasteiger partial charge in [-0.1, -0.05) is 19.3 Å². The average Bonchev–Trinajstić information content (AvgIpc) is 2.26. The first-order valence-corrected chi connectivity index (χ1v) is 8.39. The monoisotopic (exact) mass is 262 g/mol. The molecule has 0 heterocycles. The van der Waals surface area contributed by atoms with Crippen LogP contribution in [0.2, 0.25) is 0 Å². The predicted octanol–water partition coefficient (Wildman–Crippen LogP) is 1.61. The van der Waals surface area contributed by atoms with Gasteiger partial charge in [0.15, 0.2) is 0 Å². The van der Waals surface area contributed by atoms with Crippen molar-refractivity contribution >= 4 is 10.0 Å². The van der Waals surface area contributed by atoms with Crippen molar-refractivity contribution in [1.82, 2.24) is 4.72 Å². The van der Waals surface area contributed by atoms with E-state index in [2.05, 4.69) is 4.72 Å². The summed E-state index contributed by atoms with van der Waals surface area (Å²) in [7, 11) is -3.10. The number of rotatable bonds is 7. The summed E-state index contributed by atoms with van der Waals surface area (Å²) in [5.41, 5.74) is 5.41. The first-order chi connectivity index (χ1) is 8.03. The number of hydrogen-bond donors (Lipinski definition) is 2. The van der Waals surface area contributed by atoms with Crippen LogP contribution in [0, 0.1) is 5.92 Å². The Kier molecular flexibility index (Phi) is 6.44. The summed E-state index contributed by atoms with van der Waals surface area (Å²) < 4.78 is 26.6. The second-order valence-corrected chi connectivity index (χ2v) is 7.03. The van der Waals surface area contributed by atoms with E-state index in [1.807, 2.05) is 6.92 Å². The van der Waals surface area contributed by atoms with E-state index < -0.39 is 10.0 Å². The molecule has 3 N–H and O–H groups in total. The van der Waals surface area contributed by atoms with E-state index in [-0.39, 0.29) is 6.04 Å². The lowest BCUT2D eigenvalue weighted by molar-refractivity contribution is 0.383. The van der Waals surface area contributed by atoms with Crippen LogP contribution in [0.4, 0.5) is 0 Å². The van der Waals surface area contributed by atoms with Crippen molar-refractivity contribution in [1.29, 1.82) is 0 Å². The van der Waals surface area contributed by atoms with Gasteiger partial charge in [-0.3, -0.25) is 0 Å².